The Labute approximate surface area is 123 Å². The van der Waals surface area contributed by atoms with E-state index in [2.05, 4.69) is 21.7 Å². The molecule has 0 bridgehead atoms. The second kappa shape index (κ2) is 7.70. The molecule has 0 N–H and O–H groups in total. The van der Waals surface area contributed by atoms with E-state index in [9.17, 15) is 4.39 Å². The van der Waals surface area contributed by atoms with Gasteiger partial charge in [0, 0.05) is 17.5 Å². The maximum absolute atomic E-state index is 13.4. The van der Waals surface area contributed by atoms with Crippen LogP contribution < -0.4 is 0 Å². The third-order valence-corrected chi connectivity index (χ3v) is 3.00. The predicted octanol–water partition coefficient (Wildman–Crippen LogP) is 4.42. The molecule has 1 aromatic rings. The molecule has 0 saturated heterocycles. The average Bonchev–Trinajstić information content (AvgIpc) is 2.45. The second-order valence-electron chi connectivity index (χ2n) is 4.16. The molecule has 0 atom stereocenters. The number of pyridine rings is 1. The number of aryl methyl sites for hydroxylation is 1. The van der Waals surface area contributed by atoms with Gasteiger partial charge in [0.25, 0.3) is 0 Å². The van der Waals surface area contributed by atoms with E-state index < -0.39 is 5.83 Å². The summed E-state index contributed by atoms with van der Waals surface area (Å²) in [7, 11) is 0. The first kappa shape index (κ1) is 16.2. The van der Waals surface area contributed by atoms with Crippen molar-refractivity contribution in [3.63, 3.8) is 0 Å². The van der Waals surface area contributed by atoms with Crippen LogP contribution in [0.4, 0.5) is 4.39 Å². The maximum atomic E-state index is 13.4. The van der Waals surface area contributed by atoms with E-state index >= 15 is 0 Å². The molecule has 0 fully saturated rings. The molecule has 0 aliphatic heterocycles. The largest absolute Gasteiger partial charge is 0.285 e. The lowest BCUT2D eigenvalue weighted by Gasteiger charge is -2.08. The van der Waals surface area contributed by atoms with Crippen LogP contribution in [0.5, 0.6) is 0 Å². The Bertz CT molecular complexity index is 589. The molecule has 0 aliphatic carbocycles. The first-order valence-corrected chi connectivity index (χ1v) is 6.48. The number of aromatic nitrogens is 1. The summed E-state index contributed by atoms with van der Waals surface area (Å²) < 4.78 is 13.4. The molecule has 0 saturated carbocycles. The van der Waals surface area contributed by atoms with E-state index in [1.165, 1.54) is 6.92 Å². The van der Waals surface area contributed by atoms with Crippen LogP contribution in [0, 0.1) is 6.92 Å². The summed E-state index contributed by atoms with van der Waals surface area (Å²) in [5.74, 6) is -0.489. The molecule has 3 nitrogen and oxygen atoms in total. The van der Waals surface area contributed by atoms with Crippen molar-refractivity contribution in [2.45, 2.75) is 20.8 Å². The molecule has 1 aromatic heterocycles. The number of hydrogen-bond donors (Lipinski definition) is 0. The van der Waals surface area contributed by atoms with Crippen molar-refractivity contribution in [2.24, 2.45) is 9.98 Å². The lowest BCUT2D eigenvalue weighted by molar-refractivity contribution is 0.672. The Hall–Kier alpha value is -1.81. The van der Waals surface area contributed by atoms with Gasteiger partial charge in [-0.2, -0.15) is 0 Å². The van der Waals surface area contributed by atoms with Gasteiger partial charge >= 0.3 is 0 Å². The van der Waals surface area contributed by atoms with Crippen molar-refractivity contribution in [1.29, 1.82) is 0 Å². The van der Waals surface area contributed by atoms with Crippen molar-refractivity contribution in [2.75, 3.05) is 6.54 Å². The van der Waals surface area contributed by atoms with Gasteiger partial charge in [0.1, 0.15) is 0 Å². The molecular weight excluding hydrogens is 277 g/mol. The van der Waals surface area contributed by atoms with Gasteiger partial charge in [-0.05, 0) is 39.1 Å². The number of rotatable bonds is 5. The summed E-state index contributed by atoms with van der Waals surface area (Å²) in [6, 6.07) is 1.83. The Morgan fingerprint density at radius 3 is 2.85 bits per heavy atom. The van der Waals surface area contributed by atoms with E-state index in [-0.39, 0.29) is 5.70 Å². The van der Waals surface area contributed by atoms with Gasteiger partial charge in [-0.1, -0.05) is 17.7 Å². The van der Waals surface area contributed by atoms with Crippen molar-refractivity contribution in [3.8, 4) is 0 Å². The lowest BCUT2D eigenvalue weighted by atomic mass is 10.0. The Morgan fingerprint density at radius 2 is 2.25 bits per heavy atom. The highest BCUT2D eigenvalue weighted by Crippen LogP contribution is 2.21. The predicted molar refractivity (Wildman–Crippen MR) is 84.4 cm³/mol. The lowest BCUT2D eigenvalue weighted by Crippen LogP contribution is -1.96. The molecule has 0 radical (unpaired) electrons. The van der Waals surface area contributed by atoms with Gasteiger partial charge in [-0.25, -0.2) is 4.39 Å². The molecule has 0 spiro atoms. The normalized spacial score (nSPS) is 13.6. The molecule has 0 amide bonds. The fraction of sp³-hybridized carbons (Fsp3) is 0.267. The van der Waals surface area contributed by atoms with Crippen molar-refractivity contribution < 1.29 is 4.39 Å². The number of halogens is 2. The van der Waals surface area contributed by atoms with Gasteiger partial charge in [-0.3, -0.25) is 15.0 Å². The highest BCUT2D eigenvalue weighted by atomic mass is 35.5. The third-order valence-electron chi connectivity index (χ3n) is 2.80. The van der Waals surface area contributed by atoms with Crippen LogP contribution in [0.1, 0.15) is 25.1 Å². The molecule has 20 heavy (non-hydrogen) atoms. The summed E-state index contributed by atoms with van der Waals surface area (Å²) >= 11 is 5.95. The molecule has 1 heterocycles. The van der Waals surface area contributed by atoms with Gasteiger partial charge in [-0.15, -0.1) is 0 Å². The van der Waals surface area contributed by atoms with Gasteiger partial charge in [0.15, 0.2) is 5.83 Å². The topological polar surface area (TPSA) is 37.6 Å². The molecule has 0 unspecified atom stereocenters. The summed E-state index contributed by atoms with van der Waals surface area (Å²) in [5, 5.41) is 0.562. The molecule has 106 valence electrons. The van der Waals surface area contributed by atoms with Crippen LogP contribution in [-0.2, 0) is 0 Å². The van der Waals surface area contributed by atoms with Crippen LogP contribution in [0.15, 0.2) is 39.8 Å². The van der Waals surface area contributed by atoms with E-state index in [1.807, 2.05) is 26.0 Å². The summed E-state index contributed by atoms with van der Waals surface area (Å²) in [6.45, 7) is 8.94. The number of allylic oxidation sites excluding steroid dienone is 3. The SMILES string of the molecule is C=N/C(C)=C(/F)C=NC/C(=C/C)c1cc(Cl)cnc1C. The zero-order valence-electron chi connectivity index (χ0n) is 11.8. The minimum absolute atomic E-state index is 0.219. The van der Waals surface area contributed by atoms with Gasteiger partial charge in [0.05, 0.1) is 23.5 Å². The van der Waals surface area contributed by atoms with Crippen LogP contribution in [0.2, 0.25) is 5.02 Å². The summed E-state index contributed by atoms with van der Waals surface area (Å²) in [5.41, 5.74) is 2.93. The average molecular weight is 294 g/mol. The smallest absolute Gasteiger partial charge is 0.162 e. The first-order valence-electron chi connectivity index (χ1n) is 6.10. The molecule has 0 aromatic carbocycles. The third kappa shape index (κ3) is 4.38. The van der Waals surface area contributed by atoms with Crippen LogP contribution in [0.25, 0.3) is 5.57 Å². The Morgan fingerprint density at radius 1 is 1.55 bits per heavy atom. The minimum atomic E-state index is -0.489. The van der Waals surface area contributed by atoms with Gasteiger partial charge < -0.3 is 0 Å². The maximum Gasteiger partial charge on any atom is 0.162 e. The van der Waals surface area contributed by atoms with Crippen LogP contribution in [0.3, 0.4) is 0 Å². The van der Waals surface area contributed by atoms with Crippen LogP contribution >= 0.6 is 11.6 Å². The second-order valence-corrected chi connectivity index (χ2v) is 4.60. The van der Waals surface area contributed by atoms with Crippen molar-refractivity contribution >= 4 is 30.1 Å². The van der Waals surface area contributed by atoms with E-state index in [4.69, 9.17) is 11.6 Å². The summed E-state index contributed by atoms with van der Waals surface area (Å²) in [6.07, 6.45) is 4.66. The molecular formula is C15H17ClFN3. The molecule has 5 heteroatoms. The number of nitrogens with zero attached hydrogens (tertiary/aromatic N) is 3. The van der Waals surface area contributed by atoms with E-state index in [0.29, 0.717) is 11.6 Å². The van der Waals surface area contributed by atoms with Crippen molar-refractivity contribution in [1.82, 2.24) is 4.98 Å². The van der Waals surface area contributed by atoms with Crippen LogP contribution in [-0.4, -0.2) is 24.5 Å². The van der Waals surface area contributed by atoms with E-state index in [0.717, 1.165) is 23.0 Å². The molecule has 1 rings (SSSR count). The highest BCUT2D eigenvalue weighted by Gasteiger charge is 2.06. The summed E-state index contributed by atoms with van der Waals surface area (Å²) in [4.78, 5) is 11.8. The van der Waals surface area contributed by atoms with Gasteiger partial charge in [0.2, 0.25) is 0 Å². The fourth-order valence-corrected chi connectivity index (χ4v) is 1.72. The Balaban J connectivity index is 2.92. The highest BCUT2D eigenvalue weighted by molar-refractivity contribution is 6.30. The Kier molecular flexibility index (Phi) is 6.25. The molecule has 0 aliphatic rings. The standard InChI is InChI=1S/C15H17ClFN3/c1-5-12(7-19-9-15(17)11(3)18-4)14-6-13(16)8-20-10(14)2/h5-6,8-9H,4,7H2,1-3H3/b12-5-,15-11+,19-9?. The monoisotopic (exact) mass is 293 g/mol. The minimum Gasteiger partial charge on any atom is -0.285 e. The van der Waals surface area contributed by atoms with Crippen molar-refractivity contribution in [3.05, 3.63) is 46.1 Å². The zero-order valence-corrected chi connectivity index (χ0v) is 12.6. The van der Waals surface area contributed by atoms with E-state index in [1.54, 1.807) is 6.20 Å². The zero-order chi connectivity index (χ0) is 15.1. The number of aliphatic imine (C=N–C) groups is 2. The quantitative estimate of drug-likeness (QED) is 0.741. The fourth-order valence-electron chi connectivity index (χ4n) is 1.56. The number of hydrogen-bond acceptors (Lipinski definition) is 3. The first-order chi connectivity index (χ1) is 9.49.